The van der Waals surface area contributed by atoms with Gasteiger partial charge in [-0.1, -0.05) is 97.1 Å². The first-order valence-electron chi connectivity index (χ1n) is 20.2. The van der Waals surface area contributed by atoms with Crippen LogP contribution in [0.1, 0.15) is 85.9 Å². The van der Waals surface area contributed by atoms with E-state index in [-0.39, 0.29) is 0 Å². The van der Waals surface area contributed by atoms with Crippen LogP contribution in [-0.4, -0.2) is 75.2 Å². The van der Waals surface area contributed by atoms with Crippen molar-refractivity contribution < 1.29 is 38.1 Å². The Kier molecular flexibility index (Phi) is 11.5. The molecule has 8 rings (SSSR count). The molecule has 2 aliphatic rings. The molecule has 0 bridgehead atoms. The summed E-state index contributed by atoms with van der Waals surface area (Å²) in [4.78, 5) is 73.4. The highest BCUT2D eigenvalue weighted by Crippen LogP contribution is 2.55. The molecule has 2 heterocycles. The highest BCUT2D eigenvalue weighted by atomic mass is 16.5. The summed E-state index contributed by atoms with van der Waals surface area (Å²) in [6.45, 7) is 3.98. The van der Waals surface area contributed by atoms with Gasteiger partial charge in [0.1, 0.15) is 0 Å². The highest BCUT2D eigenvalue weighted by Gasteiger charge is 2.61. The van der Waals surface area contributed by atoms with Crippen LogP contribution in [-0.2, 0) is 30.3 Å². The number of methoxy groups -OCH3 is 4. The van der Waals surface area contributed by atoms with Gasteiger partial charge >= 0.3 is 23.9 Å². The van der Waals surface area contributed by atoms with E-state index in [1.54, 1.807) is 97.1 Å². The van der Waals surface area contributed by atoms with Crippen LogP contribution in [0.5, 0.6) is 0 Å². The van der Waals surface area contributed by atoms with Crippen molar-refractivity contribution in [2.24, 2.45) is 20.0 Å². The third kappa shape index (κ3) is 7.38. The largest absolute Gasteiger partial charge is 0.465 e. The number of ether oxygens (including phenoxy) is 4. The van der Waals surface area contributed by atoms with Crippen molar-refractivity contribution in [1.29, 1.82) is 0 Å². The summed E-state index contributed by atoms with van der Waals surface area (Å²) in [6, 6.07) is 43.4. The van der Waals surface area contributed by atoms with Crippen LogP contribution >= 0.6 is 0 Å². The number of rotatable bonds is 11. The van der Waals surface area contributed by atoms with Crippen molar-refractivity contribution >= 4 is 46.7 Å². The van der Waals surface area contributed by atoms with E-state index in [1.807, 2.05) is 62.4 Å². The molecule has 2 aliphatic heterocycles. The van der Waals surface area contributed by atoms with Gasteiger partial charge in [0.25, 0.3) is 0 Å². The summed E-state index contributed by atoms with van der Waals surface area (Å²) in [6.07, 6.45) is 0. The third-order valence-electron chi connectivity index (χ3n) is 11.4. The average molecular weight is 851 g/mol. The number of nitrogens with zero attached hydrogens (tertiary/aromatic N) is 4. The zero-order valence-corrected chi connectivity index (χ0v) is 35.9. The molecule has 0 spiro atoms. The Balaban J connectivity index is 1.50. The van der Waals surface area contributed by atoms with Gasteiger partial charge < -0.3 is 18.9 Å². The Morgan fingerprint density at radius 2 is 0.562 bits per heavy atom. The second-order valence-electron chi connectivity index (χ2n) is 15.1. The fraction of sp³-hybridized carbons (Fsp3) is 0.154. The first-order chi connectivity index (χ1) is 31.0. The lowest BCUT2D eigenvalue weighted by Crippen LogP contribution is -2.44. The standard InChI is InChI=1S/C52H42N4O8/c1-31-11-7-9-13-41(31)51(53-43(33-15-23-37(24-16-33)47(57)61-3)44(54-51)34-17-25-38(26-18-34)48(58)62-4)52(42-14-10-8-12-32(42)2)55-45(35-19-27-39(28-20-35)49(59)63-5)46(56-52)36-21-29-40(30-22-36)50(60)64-6/h7-30H,1-6H3. The Labute approximate surface area is 369 Å². The van der Waals surface area contributed by atoms with E-state index in [2.05, 4.69) is 0 Å². The predicted octanol–water partition coefficient (Wildman–Crippen LogP) is 8.44. The number of benzene rings is 6. The van der Waals surface area contributed by atoms with E-state index in [9.17, 15) is 19.2 Å². The van der Waals surface area contributed by atoms with Crippen LogP contribution in [0.15, 0.2) is 166 Å². The van der Waals surface area contributed by atoms with Gasteiger partial charge in [-0.3, -0.25) is 0 Å². The smallest absolute Gasteiger partial charge is 0.337 e. The molecule has 0 aromatic heterocycles. The number of carbonyl (C=O) groups excluding carboxylic acids is 4. The molecular formula is C52H42N4O8. The second kappa shape index (κ2) is 17.3. The summed E-state index contributed by atoms with van der Waals surface area (Å²) in [5.41, 5.74) is 5.66. The van der Waals surface area contributed by atoms with Crippen molar-refractivity contribution in [3.63, 3.8) is 0 Å². The summed E-state index contributed by atoms with van der Waals surface area (Å²) >= 11 is 0. The molecule has 0 unspecified atom stereocenters. The molecule has 64 heavy (non-hydrogen) atoms. The average Bonchev–Trinajstić information content (AvgIpc) is 3.96. The lowest BCUT2D eigenvalue weighted by molar-refractivity contribution is 0.0592. The molecule has 0 amide bonds. The molecule has 0 fully saturated rings. The van der Waals surface area contributed by atoms with Gasteiger partial charge in [0.15, 0.2) is 0 Å². The second-order valence-corrected chi connectivity index (χ2v) is 15.1. The Morgan fingerprint density at radius 1 is 0.344 bits per heavy atom. The molecule has 0 atom stereocenters. The number of hydrogen-bond acceptors (Lipinski definition) is 12. The molecule has 12 nitrogen and oxygen atoms in total. The first-order valence-corrected chi connectivity index (χ1v) is 20.2. The third-order valence-corrected chi connectivity index (χ3v) is 11.4. The Morgan fingerprint density at radius 3 is 0.766 bits per heavy atom. The van der Waals surface area contributed by atoms with Crippen molar-refractivity contribution in [3.05, 3.63) is 212 Å². The molecular weight excluding hydrogens is 809 g/mol. The van der Waals surface area contributed by atoms with Crippen molar-refractivity contribution in [1.82, 2.24) is 0 Å². The van der Waals surface area contributed by atoms with Gasteiger partial charge in [-0.05, 0) is 73.5 Å². The number of carbonyl (C=O) groups is 4. The molecule has 0 N–H and O–H groups in total. The maximum Gasteiger partial charge on any atom is 0.337 e. The van der Waals surface area contributed by atoms with Crippen LogP contribution in [0.2, 0.25) is 0 Å². The lowest BCUT2D eigenvalue weighted by atomic mass is 9.79. The van der Waals surface area contributed by atoms with E-state index in [0.717, 1.165) is 11.1 Å². The summed E-state index contributed by atoms with van der Waals surface area (Å²) in [5.74, 6) is -1.97. The van der Waals surface area contributed by atoms with Crippen LogP contribution in [0, 0.1) is 13.8 Å². The van der Waals surface area contributed by atoms with E-state index in [0.29, 0.717) is 78.5 Å². The maximum atomic E-state index is 12.6. The highest BCUT2D eigenvalue weighted by molar-refractivity contribution is 6.56. The number of hydrogen-bond donors (Lipinski definition) is 0. The molecule has 6 aromatic carbocycles. The molecule has 0 saturated carbocycles. The van der Waals surface area contributed by atoms with Crippen molar-refractivity contribution in [3.8, 4) is 0 Å². The number of aryl methyl sites for hydroxylation is 2. The Hall–Kier alpha value is -8.12. The summed E-state index contributed by atoms with van der Waals surface area (Å²) in [7, 11) is 5.31. The maximum absolute atomic E-state index is 12.6. The normalized spacial score (nSPS) is 14.7. The van der Waals surface area contributed by atoms with Gasteiger partial charge in [-0.2, -0.15) is 0 Å². The van der Waals surface area contributed by atoms with E-state index in [4.69, 9.17) is 38.9 Å². The van der Waals surface area contributed by atoms with Crippen molar-refractivity contribution in [2.45, 2.75) is 25.2 Å². The van der Waals surface area contributed by atoms with Gasteiger partial charge in [-0.25, -0.2) is 39.1 Å². The molecule has 0 aliphatic carbocycles. The van der Waals surface area contributed by atoms with Crippen LogP contribution in [0.3, 0.4) is 0 Å². The number of esters is 4. The van der Waals surface area contributed by atoms with E-state index in [1.165, 1.54) is 28.4 Å². The molecule has 0 radical (unpaired) electrons. The van der Waals surface area contributed by atoms with Gasteiger partial charge in [-0.15, -0.1) is 0 Å². The minimum absolute atomic E-state index is 0.350. The summed E-state index contributed by atoms with van der Waals surface area (Å²) < 4.78 is 20.0. The Bertz CT molecular complexity index is 2600. The zero-order chi connectivity index (χ0) is 45.2. The molecule has 0 saturated heterocycles. The zero-order valence-electron chi connectivity index (χ0n) is 35.9. The lowest BCUT2D eigenvalue weighted by Gasteiger charge is -2.39. The molecule has 6 aromatic rings. The van der Waals surface area contributed by atoms with E-state index < -0.39 is 35.2 Å². The van der Waals surface area contributed by atoms with E-state index >= 15 is 0 Å². The minimum atomic E-state index is -1.66. The fourth-order valence-corrected chi connectivity index (χ4v) is 8.10. The SMILES string of the molecule is COC(=O)c1ccc(C2=NC(c3ccccc3C)(C3(c4ccccc4C)N=C(c4ccc(C(=O)OC)cc4)C(c4ccc(C(=O)OC)cc4)=N3)N=C2c2ccc(C(=O)OC)cc2)cc1. The predicted molar refractivity (Wildman–Crippen MR) is 243 cm³/mol. The van der Waals surface area contributed by atoms with Gasteiger partial charge in [0.2, 0.25) is 11.3 Å². The first kappa shape index (κ1) is 42.6. The van der Waals surface area contributed by atoms with Crippen LogP contribution in [0.4, 0.5) is 0 Å². The van der Waals surface area contributed by atoms with Crippen LogP contribution < -0.4 is 0 Å². The van der Waals surface area contributed by atoms with Crippen molar-refractivity contribution in [2.75, 3.05) is 28.4 Å². The van der Waals surface area contributed by atoms with Gasteiger partial charge in [0, 0.05) is 33.4 Å². The topological polar surface area (TPSA) is 155 Å². The van der Waals surface area contributed by atoms with Crippen LogP contribution in [0.25, 0.3) is 0 Å². The summed E-state index contributed by atoms with van der Waals surface area (Å²) in [5, 5.41) is 0. The minimum Gasteiger partial charge on any atom is -0.465 e. The number of aliphatic imine (C=N–C) groups is 4. The monoisotopic (exact) mass is 850 g/mol. The fourth-order valence-electron chi connectivity index (χ4n) is 8.10. The quantitative estimate of drug-likeness (QED) is 0.0930. The molecule has 318 valence electrons. The molecule has 12 heteroatoms. The van der Waals surface area contributed by atoms with Gasteiger partial charge in [0.05, 0.1) is 73.5 Å².